The number of fused-ring (bicyclic) bond motifs is 1. The van der Waals surface area contributed by atoms with E-state index >= 15 is 8.78 Å². The van der Waals surface area contributed by atoms with Crippen molar-refractivity contribution in [1.29, 1.82) is 0 Å². The van der Waals surface area contributed by atoms with Crippen LogP contribution >= 0.6 is 0 Å². The molecule has 0 aliphatic carbocycles. The smallest absolute Gasteiger partial charge is 0.341 e. The number of oxime groups is 1. The van der Waals surface area contributed by atoms with Gasteiger partial charge in [-0.15, -0.1) is 0 Å². The molecule has 1 saturated heterocycles. The number of hydrogen-bond acceptors (Lipinski definition) is 6. The van der Waals surface area contributed by atoms with Gasteiger partial charge in [0.1, 0.15) is 23.7 Å². The zero-order valence-corrected chi connectivity index (χ0v) is 18.5. The number of carbonyl (C=O) groups is 1. The number of hydrogen-bond donors (Lipinski definition) is 2. The number of aromatic carboxylic acids is 1. The van der Waals surface area contributed by atoms with E-state index < -0.39 is 28.6 Å². The van der Waals surface area contributed by atoms with Crippen molar-refractivity contribution in [3.8, 4) is 0 Å². The second-order valence-electron chi connectivity index (χ2n) is 8.04. The number of aryl methyl sites for hydroxylation is 1. The molecule has 2 heterocycles. The summed E-state index contributed by atoms with van der Waals surface area (Å²) in [4.78, 5) is 30.9. The van der Waals surface area contributed by atoms with Gasteiger partial charge in [-0.3, -0.25) is 4.79 Å². The first-order valence-corrected chi connectivity index (χ1v) is 10.8. The second-order valence-corrected chi connectivity index (χ2v) is 8.04. The van der Waals surface area contributed by atoms with E-state index in [1.165, 1.54) is 9.47 Å². The molecular formula is C24H24F2N4O4. The highest BCUT2D eigenvalue weighted by Crippen LogP contribution is 2.33. The van der Waals surface area contributed by atoms with E-state index in [-0.39, 0.29) is 55.3 Å². The number of carboxylic acid groups (broad SMARTS) is 1. The minimum absolute atomic E-state index is 0.0968. The van der Waals surface area contributed by atoms with Gasteiger partial charge in [0.2, 0.25) is 5.43 Å². The maximum atomic E-state index is 15.7. The predicted octanol–water partition coefficient (Wildman–Crippen LogP) is 2.97. The molecule has 178 valence electrons. The fourth-order valence-electron chi connectivity index (χ4n) is 4.18. The summed E-state index contributed by atoms with van der Waals surface area (Å²) in [6.45, 7) is 2.63. The van der Waals surface area contributed by atoms with Crippen molar-refractivity contribution < 1.29 is 23.5 Å². The quantitative estimate of drug-likeness (QED) is 0.514. The Morgan fingerprint density at radius 3 is 2.68 bits per heavy atom. The normalized spacial score (nSPS) is 17.0. The Morgan fingerprint density at radius 1 is 1.29 bits per heavy atom. The lowest BCUT2D eigenvalue weighted by Gasteiger charge is -2.21. The molecule has 0 bridgehead atoms. The Labute approximate surface area is 193 Å². The Bertz CT molecular complexity index is 1320. The van der Waals surface area contributed by atoms with Crippen LogP contribution < -0.4 is 16.1 Å². The van der Waals surface area contributed by atoms with Crippen molar-refractivity contribution in [3.05, 3.63) is 75.6 Å². The number of benzene rings is 2. The fraction of sp³-hybridized carbons (Fsp3) is 0.292. The number of rotatable bonds is 7. The van der Waals surface area contributed by atoms with Gasteiger partial charge in [-0.1, -0.05) is 35.5 Å². The highest BCUT2D eigenvalue weighted by molar-refractivity contribution is 5.96. The molecule has 1 unspecified atom stereocenters. The number of halogens is 2. The Morgan fingerprint density at radius 2 is 2.03 bits per heavy atom. The highest BCUT2D eigenvalue weighted by Gasteiger charge is 2.33. The van der Waals surface area contributed by atoms with Crippen molar-refractivity contribution in [2.24, 2.45) is 16.8 Å². The summed E-state index contributed by atoms with van der Waals surface area (Å²) in [5.41, 5.74) is 5.41. The lowest BCUT2D eigenvalue weighted by Crippen LogP contribution is -2.26. The zero-order valence-electron chi connectivity index (χ0n) is 18.5. The van der Waals surface area contributed by atoms with Gasteiger partial charge in [0.15, 0.2) is 5.82 Å². The molecule has 10 heteroatoms. The molecule has 0 saturated carbocycles. The molecule has 1 fully saturated rings. The van der Waals surface area contributed by atoms with E-state index in [9.17, 15) is 14.7 Å². The molecule has 3 aromatic rings. The lowest BCUT2D eigenvalue weighted by atomic mass is 10.1. The average Bonchev–Trinajstić information content (AvgIpc) is 3.22. The van der Waals surface area contributed by atoms with Crippen LogP contribution in [0.25, 0.3) is 10.9 Å². The standard InChI is InChI=1S/C24H24F2N4O4/c1-2-29-11-17(24(32)33)23(31)16-8-18(25)22(20(26)21(16)29)30-10-15(9-27)19(12-30)28-34-13-14-6-4-3-5-7-14/h3-8,11,15H,2,9-10,12-13,27H2,1H3,(H,32,33). The van der Waals surface area contributed by atoms with Crippen LogP contribution in [-0.2, 0) is 18.0 Å². The summed E-state index contributed by atoms with van der Waals surface area (Å²) >= 11 is 0. The van der Waals surface area contributed by atoms with Crippen LogP contribution in [0.5, 0.6) is 0 Å². The van der Waals surface area contributed by atoms with Crippen LogP contribution in [0.3, 0.4) is 0 Å². The summed E-state index contributed by atoms with van der Waals surface area (Å²) < 4.78 is 32.1. The molecule has 8 nitrogen and oxygen atoms in total. The number of aromatic nitrogens is 1. The largest absolute Gasteiger partial charge is 0.477 e. The lowest BCUT2D eigenvalue weighted by molar-refractivity contribution is 0.0694. The number of pyridine rings is 1. The molecule has 1 aromatic heterocycles. The molecule has 0 amide bonds. The van der Waals surface area contributed by atoms with Crippen molar-refractivity contribution in [1.82, 2.24) is 4.57 Å². The topological polar surface area (TPSA) is 110 Å². The zero-order chi connectivity index (χ0) is 24.4. The van der Waals surface area contributed by atoms with Crippen LogP contribution in [0.1, 0.15) is 22.8 Å². The van der Waals surface area contributed by atoms with Crippen molar-refractivity contribution in [2.45, 2.75) is 20.1 Å². The summed E-state index contributed by atoms with van der Waals surface area (Å²) in [5.74, 6) is -3.63. The van der Waals surface area contributed by atoms with Crippen LogP contribution in [0.2, 0.25) is 0 Å². The van der Waals surface area contributed by atoms with E-state index in [0.717, 1.165) is 17.8 Å². The third-order valence-corrected chi connectivity index (χ3v) is 5.92. The maximum absolute atomic E-state index is 15.7. The average molecular weight is 470 g/mol. The first-order chi connectivity index (χ1) is 16.3. The monoisotopic (exact) mass is 470 g/mol. The van der Waals surface area contributed by atoms with Gasteiger partial charge >= 0.3 is 5.97 Å². The van der Waals surface area contributed by atoms with E-state index in [2.05, 4.69) is 5.16 Å². The van der Waals surface area contributed by atoms with E-state index in [4.69, 9.17) is 10.6 Å². The molecule has 0 spiro atoms. The third kappa shape index (κ3) is 4.24. The SMILES string of the molecule is CCn1cc(C(=O)O)c(=O)c2cc(F)c(N3CC(=NOCc4ccccc4)C(CN)C3)c(F)c21. The molecule has 1 aliphatic rings. The van der Waals surface area contributed by atoms with Gasteiger partial charge in [0.25, 0.3) is 0 Å². The van der Waals surface area contributed by atoms with E-state index in [1.807, 2.05) is 30.3 Å². The van der Waals surface area contributed by atoms with Crippen LogP contribution in [0.15, 0.2) is 52.5 Å². The minimum atomic E-state index is -1.46. The summed E-state index contributed by atoms with van der Waals surface area (Å²) in [6.07, 6.45) is 1.08. The summed E-state index contributed by atoms with van der Waals surface area (Å²) in [7, 11) is 0. The molecule has 4 rings (SSSR count). The fourth-order valence-corrected chi connectivity index (χ4v) is 4.18. The Kier molecular flexibility index (Phi) is 6.60. The number of anilines is 1. The molecule has 3 N–H and O–H groups in total. The van der Waals surface area contributed by atoms with E-state index in [0.29, 0.717) is 5.71 Å². The molecule has 1 atom stereocenters. The van der Waals surface area contributed by atoms with Crippen molar-refractivity contribution in [2.75, 3.05) is 24.5 Å². The summed E-state index contributed by atoms with van der Waals surface area (Å²) in [6, 6.07) is 10.3. The van der Waals surface area contributed by atoms with Crippen LogP contribution in [-0.4, -0.2) is 41.0 Å². The Balaban J connectivity index is 1.70. The molecule has 1 aliphatic heterocycles. The predicted molar refractivity (Wildman–Crippen MR) is 124 cm³/mol. The molecule has 2 aromatic carbocycles. The molecular weight excluding hydrogens is 446 g/mol. The molecule has 34 heavy (non-hydrogen) atoms. The first kappa shape index (κ1) is 23.4. The number of nitrogens with zero attached hydrogens (tertiary/aromatic N) is 3. The Hall–Kier alpha value is -3.79. The van der Waals surface area contributed by atoms with E-state index in [1.54, 1.807) is 6.92 Å². The maximum Gasteiger partial charge on any atom is 0.341 e. The van der Waals surface area contributed by atoms with Crippen LogP contribution in [0, 0.1) is 17.6 Å². The highest BCUT2D eigenvalue weighted by atomic mass is 19.1. The third-order valence-electron chi connectivity index (χ3n) is 5.92. The summed E-state index contributed by atoms with van der Waals surface area (Å²) in [5, 5.41) is 13.1. The van der Waals surface area contributed by atoms with Crippen molar-refractivity contribution >= 4 is 28.3 Å². The molecule has 0 radical (unpaired) electrons. The minimum Gasteiger partial charge on any atom is -0.477 e. The van der Waals surface area contributed by atoms with Gasteiger partial charge in [0, 0.05) is 31.7 Å². The van der Waals surface area contributed by atoms with Crippen LogP contribution in [0.4, 0.5) is 14.5 Å². The number of nitrogens with two attached hydrogens (primary N) is 1. The first-order valence-electron chi connectivity index (χ1n) is 10.8. The van der Waals surface area contributed by atoms with Gasteiger partial charge in [-0.25, -0.2) is 13.6 Å². The van der Waals surface area contributed by atoms with Gasteiger partial charge in [0.05, 0.1) is 23.2 Å². The second kappa shape index (κ2) is 9.60. The van der Waals surface area contributed by atoms with Gasteiger partial charge in [-0.05, 0) is 18.6 Å². The van der Waals surface area contributed by atoms with Gasteiger partial charge in [-0.2, -0.15) is 0 Å². The van der Waals surface area contributed by atoms with Gasteiger partial charge < -0.3 is 25.1 Å². The number of carboxylic acids is 1. The van der Waals surface area contributed by atoms with Crippen molar-refractivity contribution in [3.63, 3.8) is 0 Å².